The van der Waals surface area contributed by atoms with Crippen molar-refractivity contribution >= 4 is 75.3 Å². The lowest BCUT2D eigenvalue weighted by molar-refractivity contribution is -0.138. The fraction of sp³-hybridized carbons (Fsp3) is 0.452. The molecule has 0 spiro atoms. The number of benzene rings is 2. The third-order valence-electron chi connectivity index (χ3n) is 10.8. The highest BCUT2D eigenvalue weighted by molar-refractivity contribution is 7.81. The van der Waals surface area contributed by atoms with Gasteiger partial charge in [0.15, 0.2) is 10.8 Å². The van der Waals surface area contributed by atoms with Gasteiger partial charge in [0.05, 0.1) is 30.6 Å². The molecule has 3 fully saturated rings. The summed E-state index contributed by atoms with van der Waals surface area (Å²) in [4.78, 5) is 58.8. The Morgan fingerprint density at radius 3 is 2.50 bits per heavy atom. The first kappa shape index (κ1) is 44.2. The predicted octanol–water partition coefficient (Wildman–Crippen LogP) is 7.22. The molecule has 3 aromatic rings. The van der Waals surface area contributed by atoms with E-state index >= 15 is 0 Å². The molecule has 0 saturated carbocycles. The molecule has 1 aromatic heterocycles. The van der Waals surface area contributed by atoms with Gasteiger partial charge < -0.3 is 20.3 Å². The number of halogens is 4. The Bertz CT molecular complexity index is 2160. The zero-order valence-corrected chi connectivity index (χ0v) is 34.6. The Morgan fingerprint density at radius 2 is 1.78 bits per heavy atom. The monoisotopic (exact) mass is 866 g/mol. The van der Waals surface area contributed by atoms with Crippen LogP contribution in [0.5, 0.6) is 5.75 Å². The van der Waals surface area contributed by atoms with Crippen molar-refractivity contribution < 1.29 is 37.1 Å². The third kappa shape index (κ3) is 11.3. The lowest BCUT2D eigenvalue weighted by Crippen LogP contribution is -2.47. The summed E-state index contributed by atoms with van der Waals surface area (Å²) in [5, 5.41) is 18.0. The highest BCUT2D eigenvalue weighted by atomic mass is 35.5. The van der Waals surface area contributed by atoms with Crippen LogP contribution in [0.3, 0.4) is 0 Å². The number of nitriles is 1. The number of aryl methyl sites for hydroxylation is 1. The first-order valence-corrected chi connectivity index (χ1v) is 20.8. The largest absolute Gasteiger partial charge is 0.493 e. The molecule has 1 atom stereocenters. The lowest BCUT2D eigenvalue weighted by Gasteiger charge is -2.32. The molecule has 60 heavy (non-hydrogen) atoms. The SMILES string of the molecule is CCc1cc(N2CCCCCC(=O)N(c3cnc(C#N)c(C(F)(F)F)c3)C2=S)ccc1OCCC1CCN(CC(=O)Nc2cc(Cl)cc(NC3CCC(=O)NC3=O)c2)CC1. The minimum Gasteiger partial charge on any atom is -0.493 e. The Balaban J connectivity index is 1.01. The van der Waals surface area contributed by atoms with Crippen LogP contribution in [-0.2, 0) is 31.8 Å². The summed E-state index contributed by atoms with van der Waals surface area (Å²) in [5.74, 6) is -0.232. The predicted molar refractivity (Wildman–Crippen MR) is 225 cm³/mol. The minimum absolute atomic E-state index is 0.0269. The molecule has 1 unspecified atom stereocenters. The summed E-state index contributed by atoms with van der Waals surface area (Å²) < 4.78 is 47.9. The summed E-state index contributed by atoms with van der Waals surface area (Å²) in [6.07, 6.45) is 2.14. The van der Waals surface area contributed by atoms with E-state index in [9.17, 15) is 37.6 Å². The first-order valence-electron chi connectivity index (χ1n) is 20.0. The number of carbonyl (C=O) groups is 4. The van der Waals surface area contributed by atoms with E-state index in [0.717, 1.165) is 61.5 Å². The number of pyridine rings is 1. The van der Waals surface area contributed by atoms with Crippen LogP contribution < -0.4 is 30.5 Å². The van der Waals surface area contributed by atoms with Crippen molar-refractivity contribution in [2.45, 2.75) is 83.4 Å². The number of amides is 4. The van der Waals surface area contributed by atoms with E-state index in [-0.39, 0.29) is 42.0 Å². The molecule has 4 heterocycles. The maximum Gasteiger partial charge on any atom is 0.419 e. The number of nitrogens with one attached hydrogen (secondary N) is 3. The number of ether oxygens (including phenoxy) is 1. The summed E-state index contributed by atoms with van der Waals surface area (Å²) >= 11 is 12.1. The van der Waals surface area contributed by atoms with Crippen LogP contribution in [0.2, 0.25) is 5.02 Å². The van der Waals surface area contributed by atoms with Crippen LogP contribution in [0.4, 0.5) is 35.9 Å². The van der Waals surface area contributed by atoms with Gasteiger partial charge in [0.1, 0.15) is 17.9 Å². The number of hydrogen-bond acceptors (Lipinski definition) is 10. The van der Waals surface area contributed by atoms with Crippen LogP contribution in [0.1, 0.15) is 81.5 Å². The molecule has 0 aliphatic carbocycles. The molecular formula is C42H46ClF3N8O5S. The number of anilines is 4. The molecular weight excluding hydrogens is 821 g/mol. The number of hydrogen-bond donors (Lipinski definition) is 3. The summed E-state index contributed by atoms with van der Waals surface area (Å²) in [6, 6.07) is 12.3. The van der Waals surface area contributed by atoms with E-state index in [1.165, 1.54) is 6.07 Å². The van der Waals surface area contributed by atoms with Crippen LogP contribution in [0.25, 0.3) is 0 Å². The molecule has 0 radical (unpaired) electrons. The normalized spacial score (nSPS) is 18.6. The third-order valence-corrected chi connectivity index (χ3v) is 11.5. The minimum atomic E-state index is -4.85. The Hall–Kier alpha value is -5.31. The number of imide groups is 1. The lowest BCUT2D eigenvalue weighted by atomic mass is 9.94. The zero-order valence-electron chi connectivity index (χ0n) is 33.1. The maximum absolute atomic E-state index is 13.9. The van der Waals surface area contributed by atoms with Crippen molar-refractivity contribution in [3.63, 3.8) is 0 Å². The average Bonchev–Trinajstić information content (AvgIpc) is 3.27. The second-order valence-corrected chi connectivity index (χ2v) is 15.9. The van der Waals surface area contributed by atoms with Gasteiger partial charge in [-0.15, -0.1) is 0 Å². The van der Waals surface area contributed by atoms with Crippen LogP contribution in [0, 0.1) is 17.2 Å². The molecule has 318 valence electrons. The highest BCUT2D eigenvalue weighted by Crippen LogP contribution is 2.35. The van der Waals surface area contributed by atoms with E-state index in [4.69, 9.17) is 28.6 Å². The number of rotatable bonds is 12. The quantitative estimate of drug-likeness (QED) is 0.125. The molecule has 3 saturated heterocycles. The van der Waals surface area contributed by atoms with E-state index < -0.39 is 35.3 Å². The number of carbonyl (C=O) groups excluding carboxylic acids is 4. The van der Waals surface area contributed by atoms with Crippen LogP contribution >= 0.6 is 23.8 Å². The standard InChI is InChI=1S/C42H46ClF3N8O5S/c1-2-27-18-31(53-14-5-3-4-6-39(57)54(41(53)60)32-22-33(42(44,45)46)35(23-47)48-24-32)7-9-36(27)59-17-13-26-11-15-52(16-12-26)25-38(56)50-30-20-28(43)19-29(21-30)49-34-8-10-37(55)51-40(34)58/h7,9,18-22,24,26,34,49H,2-6,8,10-17,25H2,1H3,(H,50,56)(H,51,55,58). The first-order chi connectivity index (χ1) is 28.7. The topological polar surface area (TPSA) is 160 Å². The number of aromatic nitrogens is 1. The summed E-state index contributed by atoms with van der Waals surface area (Å²) in [5.41, 5.74) is 0.471. The molecule has 2 aromatic carbocycles. The Kier molecular flexibility index (Phi) is 14.6. The van der Waals surface area contributed by atoms with Crippen molar-refractivity contribution in [1.29, 1.82) is 5.26 Å². The van der Waals surface area contributed by atoms with Gasteiger partial charge in [-0.2, -0.15) is 18.4 Å². The van der Waals surface area contributed by atoms with Crippen LogP contribution in [-0.4, -0.2) is 77.5 Å². The van der Waals surface area contributed by atoms with Gasteiger partial charge in [-0.3, -0.25) is 34.3 Å². The van der Waals surface area contributed by atoms with Gasteiger partial charge in [0.2, 0.25) is 23.6 Å². The van der Waals surface area contributed by atoms with Crippen LogP contribution in [0.15, 0.2) is 48.7 Å². The zero-order chi connectivity index (χ0) is 43.0. The van der Waals surface area contributed by atoms with Crippen molar-refractivity contribution in [2.75, 3.05) is 53.2 Å². The van der Waals surface area contributed by atoms with E-state index in [1.54, 1.807) is 23.1 Å². The summed E-state index contributed by atoms with van der Waals surface area (Å²) in [7, 11) is 0. The molecule has 6 rings (SSSR count). The Morgan fingerprint density at radius 1 is 1.02 bits per heavy atom. The van der Waals surface area contributed by atoms with Gasteiger partial charge in [-0.05, 0) is 124 Å². The van der Waals surface area contributed by atoms with Crippen molar-refractivity contribution in [2.24, 2.45) is 5.92 Å². The number of nitrogens with zero attached hydrogens (tertiary/aromatic N) is 5. The average molecular weight is 867 g/mol. The second-order valence-electron chi connectivity index (χ2n) is 15.1. The molecule has 3 aliphatic heterocycles. The fourth-order valence-corrected chi connectivity index (χ4v) is 8.27. The molecule has 3 aliphatic rings. The molecule has 13 nitrogen and oxygen atoms in total. The maximum atomic E-state index is 13.9. The van der Waals surface area contributed by atoms with Gasteiger partial charge >= 0.3 is 6.18 Å². The molecule has 3 N–H and O–H groups in total. The van der Waals surface area contributed by atoms with Crippen molar-refractivity contribution in [1.82, 2.24) is 15.2 Å². The molecule has 0 bridgehead atoms. The van der Waals surface area contributed by atoms with Gasteiger partial charge in [-0.1, -0.05) is 24.9 Å². The van der Waals surface area contributed by atoms with Crippen molar-refractivity contribution in [3.8, 4) is 11.8 Å². The highest BCUT2D eigenvalue weighted by Gasteiger charge is 2.37. The number of piperidine rings is 2. The van der Waals surface area contributed by atoms with Gasteiger partial charge in [-0.25, -0.2) is 4.98 Å². The number of alkyl halides is 3. The Labute approximate surface area is 356 Å². The second kappa shape index (κ2) is 19.8. The smallest absolute Gasteiger partial charge is 0.419 e. The number of likely N-dealkylation sites (tertiary alicyclic amines) is 1. The number of thiocarbonyl (C=S) groups is 1. The van der Waals surface area contributed by atoms with E-state index in [2.05, 4.69) is 25.8 Å². The van der Waals surface area contributed by atoms with Gasteiger partial charge in [0, 0.05) is 41.5 Å². The molecule has 18 heteroatoms. The van der Waals surface area contributed by atoms with E-state index in [0.29, 0.717) is 72.6 Å². The fourth-order valence-electron chi connectivity index (χ4n) is 7.63. The molecule has 4 amide bonds. The summed E-state index contributed by atoms with van der Waals surface area (Å²) in [6.45, 7) is 4.62. The van der Waals surface area contributed by atoms with E-state index in [1.807, 2.05) is 25.1 Å². The van der Waals surface area contributed by atoms with Gasteiger partial charge in [0.25, 0.3) is 0 Å². The van der Waals surface area contributed by atoms with Crippen molar-refractivity contribution in [3.05, 3.63) is 70.5 Å².